The zero-order valence-corrected chi connectivity index (χ0v) is 10.4. The molecule has 0 spiro atoms. The van der Waals surface area contributed by atoms with Gasteiger partial charge >= 0.3 is 11.8 Å². The van der Waals surface area contributed by atoms with Crippen molar-refractivity contribution in [2.75, 3.05) is 6.61 Å². The first-order valence-electron chi connectivity index (χ1n) is 5.25. The van der Waals surface area contributed by atoms with E-state index in [1.54, 1.807) is 0 Å². The third kappa shape index (κ3) is 3.51. The van der Waals surface area contributed by atoms with Gasteiger partial charge in [-0.3, -0.25) is 20.2 Å². The van der Waals surface area contributed by atoms with Crippen molar-refractivity contribution in [1.82, 2.24) is 0 Å². The summed E-state index contributed by atoms with van der Waals surface area (Å²) in [6, 6.07) is 1.77. The number of carbonyl (C=O) groups is 1. The maximum atomic E-state index is 11.3. The van der Waals surface area contributed by atoms with Crippen LogP contribution in [0.1, 0.15) is 5.56 Å². The lowest BCUT2D eigenvalue weighted by Gasteiger charge is -2.07. The molecule has 0 atom stereocenters. The van der Waals surface area contributed by atoms with Crippen LogP contribution in [0.3, 0.4) is 0 Å². The van der Waals surface area contributed by atoms with E-state index < -0.39 is 33.1 Å². The fourth-order valence-electron chi connectivity index (χ4n) is 1.35. The van der Waals surface area contributed by atoms with Crippen molar-refractivity contribution in [3.8, 4) is 5.75 Å². The van der Waals surface area contributed by atoms with Gasteiger partial charge in [-0.1, -0.05) is 12.7 Å². The Labute approximate surface area is 112 Å². The monoisotopic (exact) mass is 282 g/mol. The first-order valence-corrected chi connectivity index (χ1v) is 5.25. The van der Waals surface area contributed by atoms with Gasteiger partial charge in [-0.05, 0) is 6.92 Å². The van der Waals surface area contributed by atoms with Crippen LogP contribution < -0.4 is 4.74 Å². The molecule has 0 saturated heterocycles. The molecule has 0 aliphatic heterocycles. The van der Waals surface area contributed by atoms with Crippen molar-refractivity contribution < 1.29 is 24.1 Å². The van der Waals surface area contributed by atoms with E-state index in [1.807, 2.05) is 0 Å². The molecule has 0 aliphatic carbocycles. The van der Waals surface area contributed by atoms with Crippen molar-refractivity contribution in [2.45, 2.75) is 6.92 Å². The molecule has 9 nitrogen and oxygen atoms in total. The van der Waals surface area contributed by atoms with Crippen molar-refractivity contribution in [1.29, 1.82) is 0 Å². The van der Waals surface area contributed by atoms with Crippen LogP contribution in [0.25, 0.3) is 0 Å². The molecule has 9 heteroatoms. The van der Waals surface area contributed by atoms with Gasteiger partial charge in [0.05, 0.1) is 15.9 Å². The molecular weight excluding hydrogens is 272 g/mol. The zero-order chi connectivity index (χ0) is 15.3. The van der Waals surface area contributed by atoms with Crippen molar-refractivity contribution >= 4 is 17.5 Å². The zero-order valence-electron chi connectivity index (χ0n) is 10.4. The fourth-order valence-corrected chi connectivity index (χ4v) is 1.35. The Morgan fingerprint density at radius 1 is 1.35 bits per heavy atom. The highest BCUT2D eigenvalue weighted by atomic mass is 16.7. The average Bonchev–Trinajstić information content (AvgIpc) is 2.37. The number of carbonyl (C=O) groups excluding carboxylic acids is 1. The van der Waals surface area contributed by atoms with Crippen LogP contribution >= 0.6 is 0 Å². The second-order valence-corrected chi connectivity index (χ2v) is 3.58. The van der Waals surface area contributed by atoms with Crippen molar-refractivity contribution in [3.63, 3.8) is 0 Å². The number of aryl methyl sites for hydroxylation is 1. The quantitative estimate of drug-likeness (QED) is 0.267. The summed E-state index contributed by atoms with van der Waals surface area (Å²) in [6.45, 7) is 4.54. The Morgan fingerprint density at radius 3 is 2.50 bits per heavy atom. The van der Waals surface area contributed by atoms with Gasteiger partial charge in [0.25, 0.3) is 5.69 Å². The number of non-ortho nitro benzene ring substituents is 1. The van der Waals surface area contributed by atoms with E-state index in [2.05, 4.69) is 11.3 Å². The molecule has 0 radical (unpaired) electrons. The van der Waals surface area contributed by atoms with Crippen LogP contribution in [-0.4, -0.2) is 22.6 Å². The van der Waals surface area contributed by atoms with Crippen LogP contribution in [0.4, 0.5) is 16.2 Å². The third-order valence-electron chi connectivity index (χ3n) is 2.15. The summed E-state index contributed by atoms with van der Waals surface area (Å²) >= 11 is 0. The fraction of sp³-hybridized carbons (Fsp3) is 0.182. The maximum Gasteiger partial charge on any atom is 0.514 e. The summed E-state index contributed by atoms with van der Waals surface area (Å²) in [5.41, 5.74) is -1.09. The van der Waals surface area contributed by atoms with Gasteiger partial charge < -0.3 is 9.47 Å². The highest BCUT2D eigenvalue weighted by Gasteiger charge is 2.26. The predicted octanol–water partition coefficient (Wildman–Crippen LogP) is 2.51. The second-order valence-electron chi connectivity index (χ2n) is 3.58. The molecule has 1 rings (SSSR count). The van der Waals surface area contributed by atoms with Crippen LogP contribution in [0.5, 0.6) is 5.75 Å². The number of benzene rings is 1. The Balaban J connectivity index is 3.17. The topological polar surface area (TPSA) is 122 Å². The van der Waals surface area contributed by atoms with Crippen LogP contribution in [0.15, 0.2) is 24.8 Å². The minimum Gasteiger partial charge on any atom is -0.430 e. The maximum absolute atomic E-state index is 11.3. The summed E-state index contributed by atoms with van der Waals surface area (Å²) in [7, 11) is 0. The highest BCUT2D eigenvalue weighted by Crippen LogP contribution is 2.35. The number of rotatable bonds is 5. The molecule has 0 unspecified atom stereocenters. The molecular formula is C11H10N2O7. The van der Waals surface area contributed by atoms with E-state index in [0.29, 0.717) is 6.07 Å². The molecule has 20 heavy (non-hydrogen) atoms. The van der Waals surface area contributed by atoms with E-state index in [4.69, 9.17) is 4.74 Å². The number of hydrogen-bond acceptors (Lipinski definition) is 7. The van der Waals surface area contributed by atoms with E-state index >= 15 is 0 Å². The lowest BCUT2D eigenvalue weighted by atomic mass is 10.1. The summed E-state index contributed by atoms with van der Waals surface area (Å²) in [4.78, 5) is 31.1. The molecule has 0 heterocycles. The minimum atomic E-state index is -1.16. The lowest BCUT2D eigenvalue weighted by Crippen LogP contribution is -2.12. The van der Waals surface area contributed by atoms with Crippen LogP contribution in [-0.2, 0) is 4.74 Å². The SMILES string of the molecule is C=CCOC(=O)Oc1c(C)cc([N+](=O)[O-])cc1[N+](=O)[O-]. The van der Waals surface area contributed by atoms with Gasteiger partial charge in [-0.2, -0.15) is 0 Å². The third-order valence-corrected chi connectivity index (χ3v) is 2.15. The standard InChI is InChI=1S/C11H10N2O7/c1-3-4-19-11(14)20-10-7(2)5-8(12(15)16)6-9(10)13(17)18/h3,5-6H,1,4H2,2H3. The molecule has 0 aliphatic rings. The van der Waals surface area contributed by atoms with Gasteiger partial charge in [0, 0.05) is 11.6 Å². The largest absolute Gasteiger partial charge is 0.514 e. The van der Waals surface area contributed by atoms with Crippen LogP contribution in [0.2, 0.25) is 0 Å². The molecule has 0 bridgehead atoms. The lowest BCUT2D eigenvalue weighted by molar-refractivity contribution is -0.394. The number of ether oxygens (including phenoxy) is 2. The highest BCUT2D eigenvalue weighted by molar-refractivity contribution is 5.69. The van der Waals surface area contributed by atoms with Gasteiger partial charge in [0.2, 0.25) is 5.75 Å². The van der Waals surface area contributed by atoms with Crippen LogP contribution in [0, 0.1) is 27.2 Å². The second kappa shape index (κ2) is 6.27. The number of nitro groups is 2. The number of nitro benzene ring substituents is 2. The first kappa shape index (κ1) is 15.1. The molecule has 0 amide bonds. The van der Waals surface area contributed by atoms with E-state index in [-0.39, 0.29) is 12.2 Å². The Morgan fingerprint density at radius 2 is 2.00 bits per heavy atom. The smallest absolute Gasteiger partial charge is 0.430 e. The normalized spacial score (nSPS) is 9.65. The minimum absolute atomic E-state index is 0.0708. The summed E-state index contributed by atoms with van der Waals surface area (Å²) in [5.74, 6) is -0.394. The van der Waals surface area contributed by atoms with Crippen molar-refractivity contribution in [2.24, 2.45) is 0 Å². The van der Waals surface area contributed by atoms with Gasteiger partial charge in [0.1, 0.15) is 6.61 Å². The van der Waals surface area contributed by atoms with Gasteiger partial charge in [-0.15, -0.1) is 0 Å². The molecule has 1 aromatic carbocycles. The average molecular weight is 282 g/mol. The first-order chi connectivity index (χ1) is 9.36. The molecule has 0 aromatic heterocycles. The number of nitrogens with zero attached hydrogens (tertiary/aromatic N) is 2. The molecule has 1 aromatic rings. The predicted molar refractivity (Wildman–Crippen MR) is 66.7 cm³/mol. The molecule has 106 valence electrons. The Kier molecular flexibility index (Phi) is 4.73. The Hall–Kier alpha value is -2.97. The summed E-state index contributed by atoms with van der Waals surface area (Å²) < 4.78 is 9.23. The molecule has 0 fully saturated rings. The molecule has 0 saturated carbocycles. The van der Waals surface area contributed by atoms with Gasteiger partial charge in [0.15, 0.2) is 0 Å². The summed E-state index contributed by atoms with van der Waals surface area (Å²) in [5, 5.41) is 21.5. The Bertz CT molecular complexity index is 582. The van der Waals surface area contributed by atoms with E-state index in [1.165, 1.54) is 13.0 Å². The van der Waals surface area contributed by atoms with Gasteiger partial charge in [-0.25, -0.2) is 4.79 Å². The number of hydrogen-bond donors (Lipinski definition) is 0. The molecule has 0 N–H and O–H groups in total. The van der Waals surface area contributed by atoms with E-state index in [0.717, 1.165) is 6.07 Å². The summed E-state index contributed by atoms with van der Waals surface area (Å²) in [6.07, 6.45) is 0.128. The van der Waals surface area contributed by atoms with Crippen molar-refractivity contribution in [3.05, 3.63) is 50.6 Å². The van der Waals surface area contributed by atoms with E-state index in [9.17, 15) is 25.0 Å².